The summed E-state index contributed by atoms with van der Waals surface area (Å²) in [7, 11) is 0. The van der Waals surface area contributed by atoms with E-state index in [9.17, 15) is 0 Å². The van der Waals surface area contributed by atoms with Crippen molar-refractivity contribution in [2.75, 3.05) is 13.2 Å². The summed E-state index contributed by atoms with van der Waals surface area (Å²) in [6.45, 7) is 21.0. The standard InChI is InChI=1S/C18H35NO/c1-9-18(8,12-10-11-15(2)3)20-14-13-19(16(4)5)17(6)7/h9,11,16-17H,1,10,12-14H2,2-8H3. The van der Waals surface area contributed by atoms with E-state index in [4.69, 9.17) is 4.74 Å². The van der Waals surface area contributed by atoms with Crippen LogP contribution in [0.1, 0.15) is 61.3 Å². The molecule has 0 saturated heterocycles. The summed E-state index contributed by atoms with van der Waals surface area (Å²) in [6, 6.07) is 1.11. The monoisotopic (exact) mass is 281 g/mol. The number of ether oxygens (including phenoxy) is 1. The van der Waals surface area contributed by atoms with Crippen molar-refractivity contribution in [1.29, 1.82) is 0 Å². The number of allylic oxidation sites excluding steroid dienone is 2. The summed E-state index contributed by atoms with van der Waals surface area (Å²) in [4.78, 5) is 2.46. The van der Waals surface area contributed by atoms with Gasteiger partial charge >= 0.3 is 0 Å². The number of hydrogen-bond acceptors (Lipinski definition) is 2. The van der Waals surface area contributed by atoms with Gasteiger partial charge in [0.15, 0.2) is 0 Å². The maximum Gasteiger partial charge on any atom is 0.0835 e. The Hall–Kier alpha value is -0.600. The third-order valence-corrected chi connectivity index (χ3v) is 3.73. The van der Waals surface area contributed by atoms with Gasteiger partial charge in [-0.05, 0) is 61.3 Å². The molecule has 0 aliphatic heterocycles. The summed E-state index contributed by atoms with van der Waals surface area (Å²) < 4.78 is 6.10. The van der Waals surface area contributed by atoms with Crippen LogP contribution in [0.15, 0.2) is 24.3 Å². The summed E-state index contributed by atoms with van der Waals surface area (Å²) >= 11 is 0. The second kappa shape index (κ2) is 9.36. The maximum atomic E-state index is 6.10. The fourth-order valence-corrected chi connectivity index (χ4v) is 2.38. The van der Waals surface area contributed by atoms with Crippen LogP contribution in [-0.2, 0) is 4.74 Å². The highest BCUT2D eigenvalue weighted by Gasteiger charge is 2.21. The molecule has 1 unspecified atom stereocenters. The second-order valence-corrected chi connectivity index (χ2v) is 6.61. The van der Waals surface area contributed by atoms with Crippen LogP contribution < -0.4 is 0 Å². The zero-order valence-corrected chi connectivity index (χ0v) is 14.7. The van der Waals surface area contributed by atoms with Crippen molar-refractivity contribution in [2.24, 2.45) is 0 Å². The molecule has 20 heavy (non-hydrogen) atoms. The Kier molecular flexibility index (Phi) is 9.08. The molecule has 0 bridgehead atoms. The number of nitrogens with zero attached hydrogens (tertiary/aromatic N) is 1. The van der Waals surface area contributed by atoms with Gasteiger partial charge in [-0.1, -0.05) is 17.7 Å². The molecule has 0 heterocycles. The van der Waals surface area contributed by atoms with E-state index in [0.29, 0.717) is 12.1 Å². The molecule has 0 aliphatic carbocycles. The zero-order chi connectivity index (χ0) is 15.8. The van der Waals surface area contributed by atoms with Crippen LogP contribution in [-0.4, -0.2) is 35.7 Å². The third kappa shape index (κ3) is 7.86. The normalized spacial score (nSPS) is 14.7. The van der Waals surface area contributed by atoms with Gasteiger partial charge in [-0.15, -0.1) is 6.58 Å². The Morgan fingerprint density at radius 1 is 1.20 bits per heavy atom. The molecule has 0 amide bonds. The van der Waals surface area contributed by atoms with Crippen molar-refractivity contribution < 1.29 is 4.74 Å². The molecular weight excluding hydrogens is 246 g/mol. The minimum Gasteiger partial charge on any atom is -0.370 e. The topological polar surface area (TPSA) is 12.5 Å². The van der Waals surface area contributed by atoms with E-state index in [-0.39, 0.29) is 5.60 Å². The molecule has 2 heteroatoms. The highest BCUT2D eigenvalue weighted by atomic mass is 16.5. The van der Waals surface area contributed by atoms with E-state index in [1.807, 2.05) is 6.08 Å². The van der Waals surface area contributed by atoms with Crippen LogP contribution in [0.25, 0.3) is 0 Å². The first-order valence-electron chi connectivity index (χ1n) is 7.88. The van der Waals surface area contributed by atoms with Gasteiger partial charge in [0.1, 0.15) is 0 Å². The first kappa shape index (κ1) is 19.4. The summed E-state index contributed by atoms with van der Waals surface area (Å²) in [5, 5.41) is 0. The van der Waals surface area contributed by atoms with Crippen LogP contribution in [0.2, 0.25) is 0 Å². The van der Waals surface area contributed by atoms with Gasteiger partial charge in [0, 0.05) is 18.6 Å². The van der Waals surface area contributed by atoms with Crippen molar-refractivity contribution in [3.63, 3.8) is 0 Å². The van der Waals surface area contributed by atoms with Crippen molar-refractivity contribution >= 4 is 0 Å². The molecule has 0 aromatic rings. The summed E-state index contributed by atoms with van der Waals surface area (Å²) in [5.41, 5.74) is 1.15. The number of hydrogen-bond donors (Lipinski definition) is 0. The predicted molar refractivity (Wildman–Crippen MR) is 90.2 cm³/mol. The largest absolute Gasteiger partial charge is 0.370 e. The van der Waals surface area contributed by atoms with Crippen molar-refractivity contribution in [3.05, 3.63) is 24.3 Å². The van der Waals surface area contributed by atoms with Crippen molar-refractivity contribution in [3.8, 4) is 0 Å². The summed E-state index contributed by atoms with van der Waals surface area (Å²) in [5.74, 6) is 0. The van der Waals surface area contributed by atoms with E-state index >= 15 is 0 Å². The molecule has 0 N–H and O–H groups in total. The first-order valence-corrected chi connectivity index (χ1v) is 7.88. The van der Waals surface area contributed by atoms with Gasteiger partial charge in [0.25, 0.3) is 0 Å². The fourth-order valence-electron chi connectivity index (χ4n) is 2.38. The maximum absolute atomic E-state index is 6.10. The van der Waals surface area contributed by atoms with Gasteiger partial charge in [0.05, 0.1) is 12.2 Å². The lowest BCUT2D eigenvalue weighted by atomic mass is 9.99. The molecule has 0 spiro atoms. The molecule has 0 saturated carbocycles. The third-order valence-electron chi connectivity index (χ3n) is 3.73. The van der Waals surface area contributed by atoms with Gasteiger partial charge in [-0.3, -0.25) is 4.90 Å². The van der Waals surface area contributed by atoms with Crippen LogP contribution >= 0.6 is 0 Å². The smallest absolute Gasteiger partial charge is 0.0835 e. The molecule has 0 radical (unpaired) electrons. The molecule has 0 aromatic heterocycles. The van der Waals surface area contributed by atoms with Crippen molar-refractivity contribution in [2.45, 2.75) is 79.0 Å². The van der Waals surface area contributed by atoms with Gasteiger partial charge in [0.2, 0.25) is 0 Å². The lowest BCUT2D eigenvalue weighted by Gasteiger charge is -2.33. The van der Waals surface area contributed by atoms with E-state index in [1.165, 1.54) is 5.57 Å². The molecular formula is C18H35NO. The highest BCUT2D eigenvalue weighted by Crippen LogP contribution is 2.20. The molecule has 2 nitrogen and oxygen atoms in total. The van der Waals surface area contributed by atoms with Crippen LogP contribution in [0.4, 0.5) is 0 Å². The quantitative estimate of drug-likeness (QED) is 0.533. The van der Waals surface area contributed by atoms with Crippen molar-refractivity contribution in [1.82, 2.24) is 4.90 Å². The summed E-state index contributed by atoms with van der Waals surface area (Å²) in [6.07, 6.45) is 6.24. The van der Waals surface area contributed by atoms with E-state index in [1.54, 1.807) is 0 Å². The predicted octanol–water partition coefficient (Wildman–Crippen LogP) is 4.81. The number of rotatable bonds is 10. The van der Waals surface area contributed by atoms with Gasteiger partial charge in [-0.25, -0.2) is 0 Å². The first-order chi connectivity index (χ1) is 9.22. The Balaban J connectivity index is 4.29. The van der Waals surface area contributed by atoms with E-state index in [2.05, 4.69) is 66.0 Å². The minimum atomic E-state index is -0.217. The van der Waals surface area contributed by atoms with Crippen LogP contribution in [0, 0.1) is 0 Å². The Morgan fingerprint density at radius 2 is 1.75 bits per heavy atom. The van der Waals surface area contributed by atoms with E-state index < -0.39 is 0 Å². The lowest BCUT2D eigenvalue weighted by molar-refractivity contribution is -0.0172. The lowest BCUT2D eigenvalue weighted by Crippen LogP contribution is -2.40. The fraction of sp³-hybridized carbons (Fsp3) is 0.778. The van der Waals surface area contributed by atoms with E-state index in [0.717, 1.165) is 26.0 Å². The molecule has 0 rings (SSSR count). The van der Waals surface area contributed by atoms with Crippen LogP contribution in [0.5, 0.6) is 0 Å². The average Bonchev–Trinajstić information content (AvgIpc) is 2.33. The zero-order valence-electron chi connectivity index (χ0n) is 14.7. The Labute approximate surface area is 126 Å². The van der Waals surface area contributed by atoms with Gasteiger partial charge in [-0.2, -0.15) is 0 Å². The molecule has 0 aromatic carbocycles. The average molecular weight is 281 g/mol. The Bertz CT molecular complexity index is 295. The Morgan fingerprint density at radius 3 is 2.15 bits per heavy atom. The van der Waals surface area contributed by atoms with Crippen LogP contribution in [0.3, 0.4) is 0 Å². The highest BCUT2D eigenvalue weighted by molar-refractivity contribution is 4.99. The molecule has 118 valence electrons. The SMILES string of the molecule is C=CC(C)(CCC=C(C)C)OCCN(C(C)C)C(C)C. The molecule has 1 atom stereocenters. The molecule has 0 aliphatic rings. The second-order valence-electron chi connectivity index (χ2n) is 6.61. The minimum absolute atomic E-state index is 0.217. The molecule has 0 fully saturated rings. The van der Waals surface area contributed by atoms with Gasteiger partial charge < -0.3 is 4.74 Å².